The van der Waals surface area contributed by atoms with Gasteiger partial charge >= 0.3 is 6.18 Å². The molecule has 0 aliphatic rings. The number of benzene rings is 2. The highest BCUT2D eigenvalue weighted by Crippen LogP contribution is 2.33. The highest BCUT2D eigenvalue weighted by Gasteiger charge is 2.30. The molecule has 24 heavy (non-hydrogen) atoms. The van der Waals surface area contributed by atoms with Gasteiger partial charge in [-0.3, -0.25) is 10.1 Å². The average molecular weight is 340 g/mol. The molecule has 0 spiro atoms. The van der Waals surface area contributed by atoms with Crippen molar-refractivity contribution in [2.75, 3.05) is 6.54 Å². The Balaban J connectivity index is 2.26. The minimum atomic E-state index is -4.42. The molecule has 0 bridgehead atoms. The van der Waals surface area contributed by atoms with Crippen LogP contribution in [0.1, 0.15) is 17.5 Å². The van der Waals surface area contributed by atoms with Crippen molar-refractivity contribution in [2.24, 2.45) is 5.73 Å². The van der Waals surface area contributed by atoms with Crippen LogP contribution < -0.4 is 10.5 Å². The van der Waals surface area contributed by atoms with Gasteiger partial charge in [-0.2, -0.15) is 13.2 Å². The molecule has 0 atom stereocenters. The predicted octanol–water partition coefficient (Wildman–Crippen LogP) is 4.30. The van der Waals surface area contributed by atoms with E-state index in [1.807, 2.05) is 0 Å². The number of hydrogen-bond acceptors (Lipinski definition) is 4. The number of aryl methyl sites for hydroxylation is 1. The van der Waals surface area contributed by atoms with E-state index in [9.17, 15) is 23.3 Å². The van der Waals surface area contributed by atoms with Gasteiger partial charge < -0.3 is 10.5 Å². The Bertz CT molecular complexity index is 715. The fourth-order valence-electron chi connectivity index (χ4n) is 2.11. The molecular formula is C16H15F3N2O3. The standard InChI is InChI=1S/C16H15F3N2O3/c17-16(18,19)12-3-6-14(7-4-12)24-15-8-5-13(21(22)23)10-11(15)2-1-9-20/h3-8,10H,1-2,9,20H2. The average Bonchev–Trinajstić information content (AvgIpc) is 2.53. The summed E-state index contributed by atoms with van der Waals surface area (Å²) in [6.07, 6.45) is -3.35. The Morgan fingerprint density at radius 1 is 1.12 bits per heavy atom. The molecule has 0 aliphatic carbocycles. The summed E-state index contributed by atoms with van der Waals surface area (Å²) in [5.41, 5.74) is 5.17. The molecule has 0 unspecified atom stereocenters. The number of alkyl halides is 3. The van der Waals surface area contributed by atoms with E-state index in [1.165, 1.54) is 30.3 Å². The van der Waals surface area contributed by atoms with Gasteiger partial charge in [0, 0.05) is 17.7 Å². The molecule has 2 rings (SSSR count). The summed E-state index contributed by atoms with van der Waals surface area (Å²) in [5, 5.41) is 10.9. The third-order valence-electron chi connectivity index (χ3n) is 3.31. The number of nitrogens with two attached hydrogens (primary N) is 1. The molecule has 0 radical (unpaired) electrons. The molecule has 0 aromatic heterocycles. The van der Waals surface area contributed by atoms with Crippen molar-refractivity contribution in [2.45, 2.75) is 19.0 Å². The van der Waals surface area contributed by atoms with Gasteiger partial charge in [-0.05, 0) is 49.7 Å². The Hall–Kier alpha value is -2.61. The summed E-state index contributed by atoms with van der Waals surface area (Å²) >= 11 is 0. The summed E-state index contributed by atoms with van der Waals surface area (Å²) in [6.45, 7) is 0.405. The second kappa shape index (κ2) is 7.31. The van der Waals surface area contributed by atoms with Crippen LogP contribution in [-0.2, 0) is 12.6 Å². The van der Waals surface area contributed by atoms with Crippen molar-refractivity contribution in [1.29, 1.82) is 0 Å². The fraction of sp³-hybridized carbons (Fsp3) is 0.250. The monoisotopic (exact) mass is 340 g/mol. The highest BCUT2D eigenvalue weighted by molar-refractivity contribution is 5.46. The van der Waals surface area contributed by atoms with Crippen molar-refractivity contribution >= 4 is 5.69 Å². The van der Waals surface area contributed by atoms with E-state index in [-0.39, 0.29) is 11.4 Å². The first-order chi connectivity index (χ1) is 11.3. The topological polar surface area (TPSA) is 78.4 Å². The van der Waals surface area contributed by atoms with Gasteiger partial charge in [-0.15, -0.1) is 0 Å². The number of ether oxygens (including phenoxy) is 1. The number of nitro groups is 1. The molecule has 0 amide bonds. The van der Waals surface area contributed by atoms with E-state index in [4.69, 9.17) is 10.5 Å². The van der Waals surface area contributed by atoms with Crippen LogP contribution in [0.5, 0.6) is 11.5 Å². The van der Waals surface area contributed by atoms with E-state index >= 15 is 0 Å². The van der Waals surface area contributed by atoms with Crippen LogP contribution in [0.2, 0.25) is 0 Å². The molecule has 2 aromatic rings. The predicted molar refractivity (Wildman–Crippen MR) is 82.0 cm³/mol. The maximum Gasteiger partial charge on any atom is 0.416 e. The number of rotatable bonds is 6. The SMILES string of the molecule is NCCCc1cc([N+](=O)[O-])ccc1Oc1ccc(C(F)(F)F)cc1. The molecule has 5 nitrogen and oxygen atoms in total. The molecule has 0 saturated carbocycles. The Morgan fingerprint density at radius 2 is 1.79 bits per heavy atom. The molecule has 0 aliphatic heterocycles. The van der Waals surface area contributed by atoms with Gasteiger partial charge in [-0.25, -0.2) is 0 Å². The van der Waals surface area contributed by atoms with Crippen LogP contribution in [0.4, 0.5) is 18.9 Å². The largest absolute Gasteiger partial charge is 0.457 e. The minimum absolute atomic E-state index is 0.0817. The maximum atomic E-state index is 12.6. The summed E-state index contributed by atoms with van der Waals surface area (Å²) in [4.78, 5) is 10.3. The van der Waals surface area contributed by atoms with Crippen LogP contribution in [0.25, 0.3) is 0 Å². The molecule has 128 valence electrons. The quantitative estimate of drug-likeness (QED) is 0.628. The van der Waals surface area contributed by atoms with Crippen molar-refractivity contribution < 1.29 is 22.8 Å². The smallest absolute Gasteiger partial charge is 0.416 e. The van der Waals surface area contributed by atoms with Crippen molar-refractivity contribution in [3.05, 3.63) is 63.7 Å². The Kier molecular flexibility index (Phi) is 5.40. The van der Waals surface area contributed by atoms with Gasteiger partial charge in [-0.1, -0.05) is 0 Å². The minimum Gasteiger partial charge on any atom is -0.457 e. The molecular weight excluding hydrogens is 325 g/mol. The zero-order chi connectivity index (χ0) is 17.7. The Labute approximate surface area is 136 Å². The van der Waals surface area contributed by atoms with Gasteiger partial charge in [0.2, 0.25) is 0 Å². The van der Waals surface area contributed by atoms with Crippen LogP contribution in [0.3, 0.4) is 0 Å². The van der Waals surface area contributed by atoms with Gasteiger partial charge in [0.1, 0.15) is 11.5 Å². The van der Waals surface area contributed by atoms with Gasteiger partial charge in [0.15, 0.2) is 0 Å². The molecule has 2 N–H and O–H groups in total. The lowest BCUT2D eigenvalue weighted by molar-refractivity contribution is -0.384. The summed E-state index contributed by atoms with van der Waals surface area (Å²) in [6, 6.07) is 8.34. The van der Waals surface area contributed by atoms with Gasteiger partial charge in [0.25, 0.3) is 5.69 Å². The Morgan fingerprint density at radius 3 is 2.33 bits per heavy atom. The first-order valence-electron chi connectivity index (χ1n) is 7.14. The van der Waals surface area contributed by atoms with E-state index in [0.29, 0.717) is 30.7 Å². The molecule has 0 fully saturated rings. The lowest BCUT2D eigenvalue weighted by Gasteiger charge is -2.12. The summed E-state index contributed by atoms with van der Waals surface area (Å²) in [5.74, 6) is 0.569. The number of hydrogen-bond donors (Lipinski definition) is 1. The van der Waals surface area contributed by atoms with E-state index in [0.717, 1.165) is 12.1 Å². The number of nitrogens with zero attached hydrogens (tertiary/aromatic N) is 1. The molecule has 0 heterocycles. The van der Waals surface area contributed by atoms with Crippen molar-refractivity contribution in [1.82, 2.24) is 0 Å². The third-order valence-corrected chi connectivity index (χ3v) is 3.31. The number of non-ortho nitro benzene ring substituents is 1. The van der Waals surface area contributed by atoms with Crippen LogP contribution in [0.15, 0.2) is 42.5 Å². The van der Waals surface area contributed by atoms with Crippen LogP contribution in [-0.4, -0.2) is 11.5 Å². The lowest BCUT2D eigenvalue weighted by Crippen LogP contribution is -2.04. The van der Waals surface area contributed by atoms with E-state index in [1.54, 1.807) is 0 Å². The first kappa shape index (κ1) is 17.7. The summed E-state index contributed by atoms with van der Waals surface area (Å²) in [7, 11) is 0. The second-order valence-corrected chi connectivity index (χ2v) is 5.07. The maximum absolute atomic E-state index is 12.6. The van der Waals surface area contributed by atoms with Crippen LogP contribution in [0, 0.1) is 10.1 Å². The molecule has 0 saturated heterocycles. The highest BCUT2D eigenvalue weighted by atomic mass is 19.4. The molecule has 8 heteroatoms. The number of nitro benzene ring substituents is 1. The second-order valence-electron chi connectivity index (χ2n) is 5.07. The fourth-order valence-corrected chi connectivity index (χ4v) is 2.11. The molecule has 2 aromatic carbocycles. The first-order valence-corrected chi connectivity index (χ1v) is 7.14. The van der Waals surface area contributed by atoms with Gasteiger partial charge in [0.05, 0.1) is 10.5 Å². The zero-order valence-corrected chi connectivity index (χ0v) is 12.5. The zero-order valence-electron chi connectivity index (χ0n) is 12.5. The normalized spacial score (nSPS) is 11.3. The van der Waals surface area contributed by atoms with E-state index < -0.39 is 16.7 Å². The summed E-state index contributed by atoms with van der Waals surface area (Å²) < 4.78 is 43.2. The van der Waals surface area contributed by atoms with Crippen molar-refractivity contribution in [3.63, 3.8) is 0 Å². The third kappa shape index (κ3) is 4.45. The van der Waals surface area contributed by atoms with Crippen molar-refractivity contribution in [3.8, 4) is 11.5 Å². The lowest BCUT2D eigenvalue weighted by atomic mass is 10.1. The number of halogens is 3. The van der Waals surface area contributed by atoms with Crippen LogP contribution >= 0.6 is 0 Å². The van der Waals surface area contributed by atoms with E-state index in [2.05, 4.69) is 0 Å².